The Kier molecular flexibility index (Phi) is 7.02. The van der Waals surface area contributed by atoms with E-state index in [-0.39, 0.29) is 6.04 Å². The van der Waals surface area contributed by atoms with Crippen molar-refractivity contribution in [3.63, 3.8) is 0 Å². The van der Waals surface area contributed by atoms with Gasteiger partial charge in [-0.1, -0.05) is 26.8 Å². The van der Waals surface area contributed by atoms with Gasteiger partial charge in [0.05, 0.1) is 13.7 Å². The number of nitrogens with one attached hydrogen (secondary N) is 1. The molecule has 5 heteroatoms. The third-order valence-electron chi connectivity index (χ3n) is 3.13. The first-order valence-corrected chi connectivity index (χ1v) is 7.26. The molecular weight excluding hydrogens is 270 g/mol. The van der Waals surface area contributed by atoms with Gasteiger partial charge in [0.25, 0.3) is 0 Å². The molecule has 118 valence electrons. The number of carboxylic acid groups (broad SMARTS) is 1. The third kappa shape index (κ3) is 5.63. The maximum absolute atomic E-state index is 11.1. The minimum atomic E-state index is -0.861. The molecule has 0 radical (unpaired) electrons. The fourth-order valence-corrected chi connectivity index (χ4v) is 2.02. The van der Waals surface area contributed by atoms with Crippen molar-refractivity contribution in [1.82, 2.24) is 5.32 Å². The normalized spacial score (nSPS) is 12.2. The highest BCUT2D eigenvalue weighted by Crippen LogP contribution is 2.28. The summed E-state index contributed by atoms with van der Waals surface area (Å²) < 4.78 is 11.0. The number of ether oxygens (including phenoxy) is 2. The van der Waals surface area contributed by atoms with Crippen LogP contribution in [0.25, 0.3) is 0 Å². The van der Waals surface area contributed by atoms with Gasteiger partial charge in [0.1, 0.15) is 6.04 Å². The monoisotopic (exact) mass is 295 g/mol. The second kappa shape index (κ2) is 8.52. The molecule has 1 aromatic carbocycles. The van der Waals surface area contributed by atoms with Crippen LogP contribution in [0.3, 0.4) is 0 Å². The molecule has 0 amide bonds. The SMILES string of the molecule is CCc1ccc(OCCC(NC(C)C)C(=O)O)c(OC)c1. The number of carbonyl (C=O) groups is 1. The molecule has 0 saturated heterocycles. The second-order valence-electron chi connectivity index (χ2n) is 5.19. The van der Waals surface area contributed by atoms with E-state index in [2.05, 4.69) is 12.2 Å². The van der Waals surface area contributed by atoms with E-state index in [9.17, 15) is 4.79 Å². The molecule has 1 unspecified atom stereocenters. The van der Waals surface area contributed by atoms with E-state index in [1.165, 1.54) is 5.56 Å². The molecule has 0 aliphatic rings. The van der Waals surface area contributed by atoms with Gasteiger partial charge in [0.15, 0.2) is 11.5 Å². The fraction of sp³-hybridized carbons (Fsp3) is 0.562. The predicted octanol–water partition coefficient (Wildman–Crippen LogP) is 2.48. The topological polar surface area (TPSA) is 67.8 Å². The highest BCUT2D eigenvalue weighted by Gasteiger charge is 2.18. The Balaban J connectivity index is 2.60. The molecule has 0 aliphatic heterocycles. The summed E-state index contributed by atoms with van der Waals surface area (Å²) in [5.74, 6) is 0.460. The smallest absolute Gasteiger partial charge is 0.320 e. The van der Waals surface area contributed by atoms with Crippen molar-refractivity contribution < 1.29 is 19.4 Å². The van der Waals surface area contributed by atoms with Crippen molar-refractivity contribution in [3.8, 4) is 11.5 Å². The fourth-order valence-electron chi connectivity index (χ4n) is 2.02. The molecular formula is C16H25NO4. The number of aliphatic carboxylic acids is 1. The number of hydrogen-bond acceptors (Lipinski definition) is 4. The van der Waals surface area contributed by atoms with Crippen LogP contribution in [0.4, 0.5) is 0 Å². The average Bonchev–Trinajstić information content (AvgIpc) is 2.45. The standard InChI is InChI=1S/C16H25NO4/c1-5-12-6-7-14(15(10-12)20-4)21-9-8-13(16(18)19)17-11(2)3/h6-7,10-11,13,17H,5,8-9H2,1-4H3,(H,18,19). The van der Waals surface area contributed by atoms with E-state index in [0.29, 0.717) is 24.5 Å². The second-order valence-corrected chi connectivity index (χ2v) is 5.19. The maximum Gasteiger partial charge on any atom is 0.320 e. The third-order valence-corrected chi connectivity index (χ3v) is 3.13. The van der Waals surface area contributed by atoms with Gasteiger partial charge in [0, 0.05) is 12.5 Å². The highest BCUT2D eigenvalue weighted by molar-refractivity contribution is 5.73. The summed E-state index contributed by atoms with van der Waals surface area (Å²) in [6.07, 6.45) is 1.32. The molecule has 0 saturated carbocycles. The van der Waals surface area contributed by atoms with Crippen molar-refractivity contribution in [2.45, 2.75) is 45.7 Å². The van der Waals surface area contributed by atoms with Crippen LogP contribution in [0.5, 0.6) is 11.5 Å². The zero-order valence-corrected chi connectivity index (χ0v) is 13.2. The molecule has 1 aromatic rings. The Hall–Kier alpha value is -1.75. The summed E-state index contributed by atoms with van der Waals surface area (Å²) in [7, 11) is 1.60. The Bertz CT molecular complexity index is 460. The van der Waals surface area contributed by atoms with E-state index >= 15 is 0 Å². The largest absolute Gasteiger partial charge is 0.493 e. The van der Waals surface area contributed by atoms with Crippen LogP contribution in [-0.4, -0.2) is 36.9 Å². The number of carboxylic acids is 1. The van der Waals surface area contributed by atoms with Gasteiger partial charge in [-0.15, -0.1) is 0 Å². The van der Waals surface area contributed by atoms with E-state index in [4.69, 9.17) is 14.6 Å². The number of hydrogen-bond donors (Lipinski definition) is 2. The first kappa shape index (κ1) is 17.3. The van der Waals surface area contributed by atoms with Crippen LogP contribution in [0.15, 0.2) is 18.2 Å². The first-order valence-electron chi connectivity index (χ1n) is 7.26. The number of aryl methyl sites for hydroxylation is 1. The number of methoxy groups -OCH3 is 1. The zero-order chi connectivity index (χ0) is 15.8. The molecule has 0 aliphatic carbocycles. The summed E-state index contributed by atoms with van der Waals surface area (Å²) in [5, 5.41) is 12.1. The van der Waals surface area contributed by atoms with Crippen LogP contribution in [0, 0.1) is 0 Å². The lowest BCUT2D eigenvalue weighted by Gasteiger charge is -2.18. The minimum Gasteiger partial charge on any atom is -0.493 e. The maximum atomic E-state index is 11.1. The zero-order valence-electron chi connectivity index (χ0n) is 13.2. The van der Waals surface area contributed by atoms with Gasteiger partial charge < -0.3 is 19.9 Å². The van der Waals surface area contributed by atoms with Gasteiger partial charge in [0.2, 0.25) is 0 Å². The van der Waals surface area contributed by atoms with Gasteiger partial charge in [-0.25, -0.2) is 0 Å². The molecule has 0 heterocycles. The quantitative estimate of drug-likeness (QED) is 0.732. The van der Waals surface area contributed by atoms with E-state index in [1.807, 2.05) is 32.0 Å². The molecule has 0 aromatic heterocycles. The van der Waals surface area contributed by atoms with Crippen molar-refractivity contribution in [2.24, 2.45) is 0 Å². The predicted molar refractivity (Wildman–Crippen MR) is 82.2 cm³/mol. The molecule has 0 bridgehead atoms. The Morgan fingerprint density at radius 3 is 2.57 bits per heavy atom. The van der Waals surface area contributed by atoms with E-state index in [1.54, 1.807) is 7.11 Å². The lowest BCUT2D eigenvalue weighted by atomic mass is 10.1. The van der Waals surface area contributed by atoms with Gasteiger partial charge >= 0.3 is 5.97 Å². The number of rotatable bonds is 9. The summed E-state index contributed by atoms with van der Waals surface area (Å²) in [5.41, 5.74) is 1.17. The summed E-state index contributed by atoms with van der Waals surface area (Å²) in [6, 6.07) is 5.30. The van der Waals surface area contributed by atoms with E-state index < -0.39 is 12.0 Å². The molecule has 1 rings (SSSR count). The van der Waals surface area contributed by atoms with Crippen LogP contribution >= 0.6 is 0 Å². The molecule has 0 spiro atoms. The van der Waals surface area contributed by atoms with Crippen LogP contribution in [-0.2, 0) is 11.2 Å². The minimum absolute atomic E-state index is 0.115. The molecule has 2 N–H and O–H groups in total. The number of benzene rings is 1. The lowest BCUT2D eigenvalue weighted by molar-refractivity contribution is -0.140. The Morgan fingerprint density at radius 2 is 2.05 bits per heavy atom. The van der Waals surface area contributed by atoms with Gasteiger partial charge in [-0.3, -0.25) is 4.79 Å². The van der Waals surface area contributed by atoms with Gasteiger partial charge in [-0.2, -0.15) is 0 Å². The average molecular weight is 295 g/mol. The van der Waals surface area contributed by atoms with Crippen LogP contribution < -0.4 is 14.8 Å². The molecule has 0 fully saturated rings. The van der Waals surface area contributed by atoms with Crippen molar-refractivity contribution in [3.05, 3.63) is 23.8 Å². The Labute approximate surface area is 126 Å². The summed E-state index contributed by atoms with van der Waals surface area (Å²) in [4.78, 5) is 11.1. The van der Waals surface area contributed by atoms with Crippen molar-refractivity contribution >= 4 is 5.97 Å². The summed E-state index contributed by atoms with van der Waals surface area (Å²) >= 11 is 0. The molecule has 1 atom stereocenters. The van der Waals surface area contributed by atoms with Crippen LogP contribution in [0.1, 0.15) is 32.8 Å². The summed E-state index contributed by atoms with van der Waals surface area (Å²) in [6.45, 7) is 6.23. The Morgan fingerprint density at radius 1 is 1.33 bits per heavy atom. The molecule has 21 heavy (non-hydrogen) atoms. The van der Waals surface area contributed by atoms with E-state index in [0.717, 1.165) is 6.42 Å². The van der Waals surface area contributed by atoms with Gasteiger partial charge in [-0.05, 0) is 24.1 Å². The first-order chi connectivity index (χ1) is 9.97. The molecule has 5 nitrogen and oxygen atoms in total. The lowest BCUT2D eigenvalue weighted by Crippen LogP contribution is -2.41. The van der Waals surface area contributed by atoms with Crippen LogP contribution in [0.2, 0.25) is 0 Å². The van der Waals surface area contributed by atoms with Crippen molar-refractivity contribution in [2.75, 3.05) is 13.7 Å². The highest BCUT2D eigenvalue weighted by atomic mass is 16.5. The van der Waals surface area contributed by atoms with Crippen molar-refractivity contribution in [1.29, 1.82) is 0 Å².